The number of carbonyl (C=O) groups excluding carboxylic acids is 2. The van der Waals surface area contributed by atoms with Crippen molar-refractivity contribution in [2.45, 2.75) is 13.0 Å². The number of nitro groups is 1. The maximum absolute atomic E-state index is 11.5. The van der Waals surface area contributed by atoms with Gasteiger partial charge < -0.3 is 15.2 Å². The van der Waals surface area contributed by atoms with Gasteiger partial charge in [-0.1, -0.05) is 6.07 Å². The third-order valence-electron chi connectivity index (χ3n) is 2.02. The first kappa shape index (κ1) is 12.6. The van der Waals surface area contributed by atoms with E-state index < -0.39 is 22.8 Å². The summed E-state index contributed by atoms with van der Waals surface area (Å²) in [6.07, 6.45) is 0. The summed E-state index contributed by atoms with van der Waals surface area (Å²) in [6, 6.07) is 3.83. The van der Waals surface area contributed by atoms with Crippen LogP contribution in [-0.2, 0) is 4.79 Å². The minimum absolute atomic E-state index is 0.0206. The van der Waals surface area contributed by atoms with Gasteiger partial charge in [-0.3, -0.25) is 14.9 Å². The van der Waals surface area contributed by atoms with Gasteiger partial charge in [-0.15, -0.1) is 0 Å². The zero-order valence-corrected chi connectivity index (χ0v) is 8.88. The van der Waals surface area contributed by atoms with E-state index in [9.17, 15) is 24.8 Å². The molecule has 1 aromatic carbocycles. The predicted octanol–water partition coefficient (Wildman–Crippen LogP) is -0.537. The van der Waals surface area contributed by atoms with Crippen molar-refractivity contribution in [3.63, 3.8) is 0 Å². The molecule has 1 amide bonds. The average Bonchev–Trinajstić information content (AvgIpc) is 2.28. The second kappa shape index (κ2) is 5.06. The number of nitrogens with zero attached hydrogens (tertiary/aromatic N) is 1. The number of amides is 1. The number of carbonyl (C=O) groups is 2. The van der Waals surface area contributed by atoms with Crippen LogP contribution in [-0.4, -0.2) is 22.8 Å². The molecule has 0 bridgehead atoms. The van der Waals surface area contributed by atoms with Gasteiger partial charge in [0.15, 0.2) is 0 Å². The summed E-state index contributed by atoms with van der Waals surface area (Å²) in [5, 5.41) is 23.0. The Hall–Kier alpha value is -2.44. The molecule has 1 atom stereocenters. The van der Waals surface area contributed by atoms with Gasteiger partial charge in [-0.05, 0) is 13.0 Å². The summed E-state index contributed by atoms with van der Waals surface area (Å²) in [4.78, 5) is 31.8. The zero-order valence-electron chi connectivity index (χ0n) is 8.88. The lowest BCUT2D eigenvalue weighted by atomic mass is 10.2. The Morgan fingerprint density at radius 2 is 2.06 bits per heavy atom. The summed E-state index contributed by atoms with van der Waals surface area (Å²) in [5.74, 6) is -2.13. The molecule has 1 N–H and O–H groups in total. The Morgan fingerprint density at radius 1 is 1.41 bits per heavy atom. The number of aliphatic carboxylic acids is 1. The maximum Gasteiger partial charge on any atom is 0.270 e. The van der Waals surface area contributed by atoms with Gasteiger partial charge in [0.1, 0.15) is 0 Å². The standard InChI is InChI=1S/C10H10N2O5/c1-6(10(14)15)11-9(13)7-3-2-4-8(5-7)12(16)17/h2-6H,1H3,(H,11,13)(H,14,15)/p-1/t6-/m0/s1. The smallest absolute Gasteiger partial charge is 0.270 e. The van der Waals surface area contributed by atoms with E-state index in [-0.39, 0.29) is 11.3 Å². The number of nitro benzene ring substituents is 1. The topological polar surface area (TPSA) is 112 Å². The van der Waals surface area contributed by atoms with E-state index in [0.29, 0.717) is 0 Å². The molecular formula is C10H9N2O5-. The van der Waals surface area contributed by atoms with Gasteiger partial charge in [0.05, 0.1) is 16.9 Å². The van der Waals surface area contributed by atoms with Crippen LogP contribution in [0.4, 0.5) is 5.69 Å². The highest BCUT2D eigenvalue weighted by Crippen LogP contribution is 2.12. The Kier molecular flexibility index (Phi) is 3.76. The molecule has 1 aromatic rings. The summed E-state index contributed by atoms with van der Waals surface area (Å²) in [5.41, 5.74) is -0.217. The minimum atomic E-state index is -1.43. The number of rotatable bonds is 4. The molecule has 0 aromatic heterocycles. The molecule has 0 aliphatic carbocycles. The van der Waals surface area contributed by atoms with Gasteiger partial charge in [0.25, 0.3) is 11.6 Å². The van der Waals surface area contributed by atoms with Gasteiger partial charge in [0, 0.05) is 17.7 Å². The summed E-state index contributed by atoms with van der Waals surface area (Å²) < 4.78 is 0. The fourth-order valence-corrected chi connectivity index (χ4v) is 1.10. The number of benzene rings is 1. The minimum Gasteiger partial charge on any atom is -0.548 e. The zero-order chi connectivity index (χ0) is 13.0. The molecular weight excluding hydrogens is 228 g/mol. The molecule has 0 fully saturated rings. The van der Waals surface area contributed by atoms with Gasteiger partial charge in [-0.2, -0.15) is 0 Å². The van der Waals surface area contributed by atoms with Crippen LogP contribution in [0.25, 0.3) is 0 Å². The maximum atomic E-state index is 11.5. The number of carboxylic acids is 1. The third-order valence-corrected chi connectivity index (χ3v) is 2.02. The normalized spacial score (nSPS) is 11.6. The van der Waals surface area contributed by atoms with Gasteiger partial charge >= 0.3 is 0 Å². The van der Waals surface area contributed by atoms with Gasteiger partial charge in [-0.25, -0.2) is 0 Å². The molecule has 0 radical (unpaired) electrons. The van der Waals surface area contributed by atoms with Crippen molar-refractivity contribution in [3.8, 4) is 0 Å². The van der Waals surface area contributed by atoms with Crippen molar-refractivity contribution in [1.29, 1.82) is 0 Å². The van der Waals surface area contributed by atoms with E-state index >= 15 is 0 Å². The molecule has 7 heteroatoms. The Morgan fingerprint density at radius 3 is 2.59 bits per heavy atom. The van der Waals surface area contributed by atoms with Crippen LogP contribution < -0.4 is 10.4 Å². The largest absolute Gasteiger partial charge is 0.548 e. The summed E-state index contributed by atoms with van der Waals surface area (Å²) in [6.45, 7) is 1.24. The first-order valence-corrected chi connectivity index (χ1v) is 4.68. The van der Waals surface area contributed by atoms with Crippen molar-refractivity contribution >= 4 is 17.6 Å². The van der Waals surface area contributed by atoms with E-state index in [1.807, 2.05) is 0 Å². The molecule has 17 heavy (non-hydrogen) atoms. The van der Waals surface area contributed by atoms with Crippen molar-refractivity contribution in [2.75, 3.05) is 0 Å². The Balaban J connectivity index is 2.86. The molecule has 0 heterocycles. The Labute approximate surface area is 96.2 Å². The Bertz CT molecular complexity index is 472. The van der Waals surface area contributed by atoms with E-state index in [1.165, 1.54) is 25.1 Å². The van der Waals surface area contributed by atoms with Crippen LogP contribution in [0.1, 0.15) is 17.3 Å². The number of non-ortho nitro benzene ring substituents is 1. The number of hydrogen-bond donors (Lipinski definition) is 1. The van der Waals surface area contributed by atoms with Crippen LogP contribution in [0.3, 0.4) is 0 Å². The summed E-state index contributed by atoms with van der Waals surface area (Å²) in [7, 11) is 0. The average molecular weight is 237 g/mol. The van der Waals surface area contributed by atoms with Gasteiger partial charge in [0.2, 0.25) is 0 Å². The number of carboxylic acid groups (broad SMARTS) is 1. The van der Waals surface area contributed by atoms with E-state index in [4.69, 9.17) is 0 Å². The summed E-state index contributed by atoms with van der Waals surface area (Å²) >= 11 is 0. The molecule has 90 valence electrons. The quantitative estimate of drug-likeness (QED) is 0.558. The SMILES string of the molecule is C[C@H](NC(=O)c1cccc([N+](=O)[O-])c1)C(=O)[O-]. The van der Waals surface area contributed by atoms with E-state index in [2.05, 4.69) is 5.32 Å². The molecule has 1 rings (SSSR count). The second-order valence-corrected chi connectivity index (χ2v) is 3.32. The van der Waals surface area contributed by atoms with Crippen LogP contribution in [0.5, 0.6) is 0 Å². The number of hydrogen-bond acceptors (Lipinski definition) is 5. The molecule has 0 saturated heterocycles. The molecule has 0 spiro atoms. The third kappa shape index (κ3) is 3.26. The van der Waals surface area contributed by atoms with E-state index in [0.717, 1.165) is 6.07 Å². The predicted molar refractivity (Wildman–Crippen MR) is 55.0 cm³/mol. The molecule has 0 aliphatic rings. The highest BCUT2D eigenvalue weighted by Gasteiger charge is 2.13. The fraction of sp³-hybridized carbons (Fsp3) is 0.200. The lowest BCUT2D eigenvalue weighted by Gasteiger charge is -2.14. The fourth-order valence-electron chi connectivity index (χ4n) is 1.10. The van der Waals surface area contributed by atoms with Crippen LogP contribution in [0, 0.1) is 10.1 Å². The first-order valence-electron chi connectivity index (χ1n) is 4.68. The monoisotopic (exact) mass is 237 g/mol. The highest BCUT2D eigenvalue weighted by atomic mass is 16.6. The second-order valence-electron chi connectivity index (χ2n) is 3.32. The first-order chi connectivity index (χ1) is 7.91. The van der Waals surface area contributed by atoms with Crippen LogP contribution >= 0.6 is 0 Å². The van der Waals surface area contributed by atoms with Crippen molar-refractivity contribution < 1.29 is 19.6 Å². The highest BCUT2D eigenvalue weighted by molar-refractivity contribution is 5.96. The van der Waals surface area contributed by atoms with Crippen molar-refractivity contribution in [2.24, 2.45) is 0 Å². The molecule has 0 saturated carbocycles. The lowest BCUT2D eigenvalue weighted by Crippen LogP contribution is -2.45. The number of nitrogens with one attached hydrogen (secondary N) is 1. The molecule has 0 unspecified atom stereocenters. The molecule has 0 aliphatic heterocycles. The molecule has 7 nitrogen and oxygen atoms in total. The van der Waals surface area contributed by atoms with Crippen LogP contribution in [0.2, 0.25) is 0 Å². The van der Waals surface area contributed by atoms with Crippen molar-refractivity contribution in [3.05, 3.63) is 39.9 Å². The lowest BCUT2D eigenvalue weighted by molar-refractivity contribution is -0.384. The van der Waals surface area contributed by atoms with Crippen molar-refractivity contribution in [1.82, 2.24) is 5.32 Å². The van der Waals surface area contributed by atoms with E-state index in [1.54, 1.807) is 0 Å². The van der Waals surface area contributed by atoms with Crippen LogP contribution in [0.15, 0.2) is 24.3 Å².